The first-order valence-corrected chi connectivity index (χ1v) is 8.00. The van der Waals surface area contributed by atoms with Crippen LogP contribution in [0.25, 0.3) is 0 Å². The van der Waals surface area contributed by atoms with Crippen molar-refractivity contribution >= 4 is 5.91 Å². The van der Waals surface area contributed by atoms with Crippen molar-refractivity contribution in [3.05, 3.63) is 29.8 Å². The van der Waals surface area contributed by atoms with Gasteiger partial charge in [0.1, 0.15) is 5.75 Å². The highest BCUT2D eigenvalue weighted by Gasteiger charge is 2.35. The molecule has 2 rings (SSSR count). The number of benzene rings is 1. The lowest BCUT2D eigenvalue weighted by molar-refractivity contribution is 0.0243. The van der Waals surface area contributed by atoms with E-state index in [9.17, 15) is 9.90 Å². The molecule has 1 atom stereocenters. The molecule has 1 aromatic carbocycles. The molecule has 3 N–H and O–H groups in total. The molecule has 0 radical (unpaired) electrons. The van der Waals surface area contributed by atoms with Gasteiger partial charge in [-0.15, -0.1) is 0 Å². The zero-order valence-electron chi connectivity index (χ0n) is 14.0. The van der Waals surface area contributed by atoms with Crippen LogP contribution >= 0.6 is 0 Å². The van der Waals surface area contributed by atoms with Gasteiger partial charge in [-0.05, 0) is 51.2 Å². The Morgan fingerprint density at radius 1 is 1.39 bits per heavy atom. The zero-order valence-corrected chi connectivity index (χ0v) is 14.0. The number of hydrogen-bond donors (Lipinski definition) is 2. The molecule has 128 valence electrons. The molecule has 0 unspecified atom stereocenters. The summed E-state index contributed by atoms with van der Waals surface area (Å²) in [6, 6.07) is 6.84. The van der Waals surface area contributed by atoms with Crippen LogP contribution in [0.1, 0.15) is 23.2 Å². The predicted octanol–water partition coefficient (Wildman–Crippen LogP) is 0.553. The number of nitrogens with zero attached hydrogens (tertiary/aromatic N) is 2. The second-order valence-corrected chi connectivity index (χ2v) is 6.58. The Morgan fingerprint density at radius 2 is 2.09 bits per heavy atom. The molecule has 1 aliphatic rings. The van der Waals surface area contributed by atoms with Gasteiger partial charge in [-0.25, -0.2) is 0 Å². The first kappa shape index (κ1) is 17.7. The smallest absolute Gasteiger partial charge is 0.248 e. The van der Waals surface area contributed by atoms with E-state index in [4.69, 9.17) is 10.5 Å². The van der Waals surface area contributed by atoms with Crippen LogP contribution in [-0.4, -0.2) is 73.3 Å². The van der Waals surface area contributed by atoms with Crippen LogP contribution < -0.4 is 10.5 Å². The lowest BCUT2D eigenvalue weighted by atomic mass is 10.0. The largest absolute Gasteiger partial charge is 0.494 e. The fourth-order valence-corrected chi connectivity index (χ4v) is 3.04. The van der Waals surface area contributed by atoms with Crippen molar-refractivity contribution in [2.75, 3.05) is 46.9 Å². The van der Waals surface area contributed by atoms with E-state index in [1.807, 2.05) is 19.0 Å². The van der Waals surface area contributed by atoms with Crippen molar-refractivity contribution in [3.63, 3.8) is 0 Å². The second-order valence-electron chi connectivity index (χ2n) is 6.58. The summed E-state index contributed by atoms with van der Waals surface area (Å²) in [5.74, 6) is 0.302. The normalized spacial score (nSPS) is 21.7. The molecule has 1 heterocycles. The van der Waals surface area contributed by atoms with Crippen LogP contribution in [-0.2, 0) is 0 Å². The van der Waals surface area contributed by atoms with Crippen molar-refractivity contribution in [2.24, 2.45) is 5.73 Å². The third kappa shape index (κ3) is 5.49. The van der Waals surface area contributed by atoms with Crippen LogP contribution in [0.2, 0.25) is 0 Å². The minimum atomic E-state index is -0.588. The number of nitrogens with two attached hydrogens (primary N) is 1. The molecule has 0 aliphatic carbocycles. The molecule has 1 aromatic rings. The van der Waals surface area contributed by atoms with Gasteiger partial charge in [0.2, 0.25) is 5.91 Å². The molecule has 0 spiro atoms. The number of likely N-dealkylation sites (tertiary alicyclic amines) is 1. The monoisotopic (exact) mass is 321 g/mol. The third-order valence-corrected chi connectivity index (χ3v) is 4.05. The molecular formula is C17H27N3O3. The molecule has 6 heteroatoms. The maximum atomic E-state index is 11.0. The molecule has 1 amide bonds. The summed E-state index contributed by atoms with van der Waals surface area (Å²) in [4.78, 5) is 15.3. The van der Waals surface area contributed by atoms with Crippen molar-refractivity contribution < 1.29 is 14.6 Å². The Hall–Kier alpha value is -1.63. The van der Waals surface area contributed by atoms with E-state index >= 15 is 0 Å². The molecule has 6 nitrogen and oxygen atoms in total. The van der Waals surface area contributed by atoms with Crippen LogP contribution in [0.4, 0.5) is 0 Å². The van der Waals surface area contributed by atoms with E-state index in [-0.39, 0.29) is 0 Å². The summed E-state index contributed by atoms with van der Waals surface area (Å²) in [5, 5.41) is 10.5. The van der Waals surface area contributed by atoms with Gasteiger partial charge in [0.15, 0.2) is 0 Å². The SMILES string of the molecule is CN(C)C[C@@]1(O)CCN(CCCOc2ccc(C(N)=O)cc2)C1. The first-order chi connectivity index (χ1) is 10.9. The molecule has 0 bridgehead atoms. The molecule has 0 saturated carbocycles. The van der Waals surface area contributed by atoms with Gasteiger partial charge in [-0.2, -0.15) is 0 Å². The first-order valence-electron chi connectivity index (χ1n) is 8.00. The predicted molar refractivity (Wildman–Crippen MR) is 89.6 cm³/mol. The summed E-state index contributed by atoms with van der Waals surface area (Å²) in [6.07, 6.45) is 1.72. The Bertz CT molecular complexity index is 518. The average Bonchev–Trinajstić information content (AvgIpc) is 2.84. The minimum Gasteiger partial charge on any atom is -0.494 e. The third-order valence-electron chi connectivity index (χ3n) is 4.05. The highest BCUT2D eigenvalue weighted by atomic mass is 16.5. The number of carbonyl (C=O) groups is 1. The lowest BCUT2D eigenvalue weighted by Crippen LogP contribution is -2.42. The quantitative estimate of drug-likeness (QED) is 0.684. The molecule has 23 heavy (non-hydrogen) atoms. The number of likely N-dealkylation sites (N-methyl/N-ethyl adjacent to an activating group) is 1. The second kappa shape index (κ2) is 7.77. The molecular weight excluding hydrogens is 294 g/mol. The fourth-order valence-electron chi connectivity index (χ4n) is 3.04. The van der Waals surface area contributed by atoms with Gasteiger partial charge < -0.3 is 25.4 Å². The van der Waals surface area contributed by atoms with E-state index in [2.05, 4.69) is 4.90 Å². The van der Waals surface area contributed by atoms with E-state index in [0.29, 0.717) is 18.7 Å². The number of rotatable bonds is 8. The van der Waals surface area contributed by atoms with Crippen LogP contribution in [0.3, 0.4) is 0 Å². The Morgan fingerprint density at radius 3 is 2.70 bits per heavy atom. The highest BCUT2D eigenvalue weighted by molar-refractivity contribution is 5.92. The van der Waals surface area contributed by atoms with Gasteiger partial charge in [0.25, 0.3) is 0 Å². The summed E-state index contributed by atoms with van der Waals surface area (Å²) in [5.41, 5.74) is 5.09. The van der Waals surface area contributed by atoms with Gasteiger partial charge >= 0.3 is 0 Å². The van der Waals surface area contributed by atoms with Crippen LogP contribution in [0, 0.1) is 0 Å². The van der Waals surface area contributed by atoms with Gasteiger partial charge in [-0.3, -0.25) is 4.79 Å². The molecule has 1 fully saturated rings. The number of ether oxygens (including phenoxy) is 1. The number of β-amino-alcohol motifs (C(OH)–C–C–N with tert-alkyl or cyclic N) is 1. The van der Waals surface area contributed by atoms with Crippen LogP contribution in [0.15, 0.2) is 24.3 Å². The van der Waals surface area contributed by atoms with Gasteiger partial charge in [0, 0.05) is 31.7 Å². The molecule has 1 saturated heterocycles. The summed E-state index contributed by atoms with van der Waals surface area (Å²) in [7, 11) is 3.97. The molecule has 1 aliphatic heterocycles. The van der Waals surface area contributed by atoms with Crippen molar-refractivity contribution in [1.82, 2.24) is 9.80 Å². The van der Waals surface area contributed by atoms with Crippen molar-refractivity contribution in [3.8, 4) is 5.75 Å². The standard InChI is InChI=1S/C17H27N3O3/c1-19(2)12-17(22)8-10-20(13-17)9-3-11-23-15-6-4-14(5-7-15)16(18)21/h4-7,22H,3,8-13H2,1-2H3,(H2,18,21)/t17-/m0/s1. The van der Waals surface area contributed by atoms with Crippen molar-refractivity contribution in [1.29, 1.82) is 0 Å². The Labute approximate surface area is 137 Å². The summed E-state index contributed by atoms with van der Waals surface area (Å²) < 4.78 is 5.67. The van der Waals surface area contributed by atoms with E-state index in [1.165, 1.54) is 0 Å². The Balaban J connectivity index is 1.67. The number of primary amides is 1. The van der Waals surface area contributed by atoms with Gasteiger partial charge in [-0.1, -0.05) is 0 Å². The summed E-state index contributed by atoms with van der Waals surface area (Å²) in [6.45, 7) is 3.87. The summed E-state index contributed by atoms with van der Waals surface area (Å²) >= 11 is 0. The van der Waals surface area contributed by atoms with E-state index in [1.54, 1.807) is 24.3 Å². The highest BCUT2D eigenvalue weighted by Crippen LogP contribution is 2.22. The zero-order chi connectivity index (χ0) is 16.9. The number of hydrogen-bond acceptors (Lipinski definition) is 5. The number of aliphatic hydroxyl groups is 1. The number of carbonyl (C=O) groups excluding carboxylic acids is 1. The van der Waals surface area contributed by atoms with E-state index in [0.717, 1.165) is 38.2 Å². The number of amides is 1. The topological polar surface area (TPSA) is 79.0 Å². The average molecular weight is 321 g/mol. The van der Waals surface area contributed by atoms with Gasteiger partial charge in [0.05, 0.1) is 12.2 Å². The van der Waals surface area contributed by atoms with E-state index < -0.39 is 11.5 Å². The minimum absolute atomic E-state index is 0.434. The fraction of sp³-hybridized carbons (Fsp3) is 0.588. The Kier molecular flexibility index (Phi) is 5.98. The maximum Gasteiger partial charge on any atom is 0.248 e. The van der Waals surface area contributed by atoms with Crippen molar-refractivity contribution in [2.45, 2.75) is 18.4 Å². The lowest BCUT2D eigenvalue weighted by Gasteiger charge is -2.26. The maximum absolute atomic E-state index is 11.0. The molecule has 0 aromatic heterocycles. The van der Waals surface area contributed by atoms with Crippen LogP contribution in [0.5, 0.6) is 5.75 Å².